The molecule has 1 aliphatic heterocycles. The minimum absolute atomic E-state index is 0. The van der Waals surface area contributed by atoms with Crippen LogP contribution in [0.15, 0.2) is 89.8 Å². The minimum Gasteiger partial charge on any atom is -1.00 e. The standard InChI is InChI=1S/C20H20N4S.C10H16N2O3S2.C10H10N2.CHO3.CH4.2Ag.ClH/c1-4-24(5-2)13-7-9-16-17(10-13)25-18-11-15(21)19-14(20(18)23-16)8-6-12(3)22-19;1-3-12(4-2)8-5-6-9(11)10(7-8)17(14,16)15-13;1-7-5-6-8-3-2-4-9(11)10(8)12-7;2-1-4-3;;;;/h6-11,21H,4-5H2,1-3H3;5-7,13H,3-4,11H2,1-2H3;2-6H,11H2,1H3;3H;1H4;;;1H/q;;;-1;;;+1;. The van der Waals surface area contributed by atoms with E-state index < -0.39 is 8.77 Å². The zero-order valence-electron chi connectivity index (χ0n) is 34.1. The van der Waals surface area contributed by atoms with Gasteiger partial charge in [-0.2, -0.15) is 0 Å². The molecular weight excluding hydrogens is 1060 g/mol. The second kappa shape index (κ2) is 27.4. The van der Waals surface area contributed by atoms with E-state index in [0.717, 1.165) is 93.1 Å². The molecule has 7 rings (SSSR count). The van der Waals surface area contributed by atoms with Crippen LogP contribution in [0.25, 0.3) is 42.6 Å². The second-order valence-electron chi connectivity index (χ2n) is 12.7. The first kappa shape index (κ1) is 58.2. The Labute approximate surface area is 409 Å². The van der Waals surface area contributed by atoms with Gasteiger partial charge in [-0.1, -0.05) is 25.6 Å². The van der Waals surface area contributed by atoms with E-state index in [0.29, 0.717) is 5.69 Å². The number of nitrogen functional groups attached to an aromatic ring is 3. The van der Waals surface area contributed by atoms with Crippen LogP contribution in [0.4, 0.5) is 22.7 Å². The fraction of sp³-hybridized carbons (Fsp3) is 0.262. The summed E-state index contributed by atoms with van der Waals surface area (Å²) >= 11 is 6.41. The summed E-state index contributed by atoms with van der Waals surface area (Å²) in [5.74, 6) is 0. The summed E-state index contributed by atoms with van der Waals surface area (Å²) in [5, 5.41) is 18.9. The zero-order chi connectivity index (χ0) is 42.6. The van der Waals surface area contributed by atoms with E-state index in [-0.39, 0.29) is 75.2 Å². The SMILES string of the molecule is C.CCN(CC)c1ccc(N)c(S(=O)(=S)OO)c1.CC[N+](CC)=c1ccc2nc3c(cc(N)c4nc(C)ccc43)sc-2c1.Cc1ccc2cccc(N)c2n1.O=[C-]OO.[Ag+].[Ag].[Cl-]. The van der Waals surface area contributed by atoms with Gasteiger partial charge < -0.3 is 44.2 Å². The number of fused-ring (bicyclic) bond motifs is 5. The van der Waals surface area contributed by atoms with Crippen molar-refractivity contribution in [1.29, 1.82) is 0 Å². The maximum atomic E-state index is 11.8. The Morgan fingerprint density at radius 1 is 0.806 bits per heavy atom. The maximum Gasteiger partial charge on any atom is 1.00 e. The number of hydrogen-bond donors (Lipinski definition) is 5. The molecular formula is C42H52Ag2ClN8O6S3. The summed E-state index contributed by atoms with van der Waals surface area (Å²) < 4.78 is 19.1. The molecule has 62 heavy (non-hydrogen) atoms. The van der Waals surface area contributed by atoms with E-state index in [1.54, 1.807) is 23.5 Å². The van der Waals surface area contributed by atoms with Crippen molar-refractivity contribution in [2.45, 2.75) is 53.9 Å². The third-order valence-corrected chi connectivity index (χ3v) is 11.9. The Morgan fingerprint density at radius 3 is 2.00 bits per heavy atom. The number of carbonyl (C=O) groups excluding carboxylic acids is 1. The molecule has 1 unspecified atom stereocenters. The number of aromatic nitrogens is 3. The quantitative estimate of drug-likeness (QED) is 0.0206. The second-order valence-corrected chi connectivity index (χ2v) is 16.6. The summed E-state index contributed by atoms with van der Waals surface area (Å²) in [6.45, 7) is 16.7. The molecule has 2 aromatic heterocycles. The molecule has 20 heteroatoms. The van der Waals surface area contributed by atoms with Crippen molar-refractivity contribution in [2.75, 3.05) is 48.3 Å². The summed E-state index contributed by atoms with van der Waals surface area (Å²) in [5.41, 5.74) is 25.9. The van der Waals surface area contributed by atoms with E-state index in [9.17, 15) is 4.21 Å². The molecule has 2 aliphatic rings. The molecule has 3 heterocycles. The van der Waals surface area contributed by atoms with Gasteiger partial charge >= 0.3 is 22.4 Å². The topological polar surface area (TPSA) is 216 Å². The molecule has 0 spiro atoms. The van der Waals surface area contributed by atoms with Crippen molar-refractivity contribution in [3.05, 3.63) is 102 Å². The molecule has 0 amide bonds. The molecule has 14 nitrogen and oxygen atoms in total. The maximum absolute atomic E-state index is 11.8. The molecule has 0 saturated carbocycles. The summed E-state index contributed by atoms with van der Waals surface area (Å²) in [4.78, 5) is 28.5. The Balaban J connectivity index is 0.000000882. The van der Waals surface area contributed by atoms with Crippen LogP contribution >= 0.6 is 11.3 Å². The summed E-state index contributed by atoms with van der Waals surface area (Å²) in [6.07, 6.45) is 0. The molecule has 0 fully saturated rings. The van der Waals surface area contributed by atoms with Crippen molar-refractivity contribution in [3.8, 4) is 10.6 Å². The van der Waals surface area contributed by atoms with E-state index in [1.807, 2.05) is 81.1 Å². The first-order valence-electron chi connectivity index (χ1n) is 18.3. The van der Waals surface area contributed by atoms with E-state index >= 15 is 0 Å². The van der Waals surface area contributed by atoms with Crippen molar-refractivity contribution in [2.24, 2.45) is 0 Å². The molecule has 1 atom stereocenters. The molecule has 3 aromatic carbocycles. The predicted molar refractivity (Wildman–Crippen MR) is 246 cm³/mol. The van der Waals surface area contributed by atoms with Crippen molar-refractivity contribution < 1.29 is 85.9 Å². The number of para-hydroxylation sites is 1. The summed E-state index contributed by atoms with van der Waals surface area (Å²) in [7, 11) is -3.36. The van der Waals surface area contributed by atoms with Gasteiger partial charge in [-0.05, 0) is 103 Å². The molecule has 0 saturated heterocycles. The smallest absolute Gasteiger partial charge is 1.00 e. The number of nitrogens with two attached hydrogens (primary N) is 3. The van der Waals surface area contributed by atoms with Crippen molar-refractivity contribution in [1.82, 2.24) is 19.5 Å². The predicted octanol–water partition coefficient (Wildman–Crippen LogP) is 4.58. The van der Waals surface area contributed by atoms with E-state index in [2.05, 4.69) is 73.1 Å². The third-order valence-electron chi connectivity index (χ3n) is 9.03. The van der Waals surface area contributed by atoms with Crippen LogP contribution in [-0.2, 0) is 78.7 Å². The fourth-order valence-electron chi connectivity index (χ4n) is 6.11. The van der Waals surface area contributed by atoms with Crippen molar-refractivity contribution in [3.63, 3.8) is 0 Å². The van der Waals surface area contributed by atoms with E-state index in [4.69, 9.17) is 37.5 Å². The molecule has 8 N–H and O–H groups in total. The van der Waals surface area contributed by atoms with Gasteiger partial charge in [-0.15, -0.1) is 15.7 Å². The Hall–Kier alpha value is -3.79. The number of halogens is 1. The van der Waals surface area contributed by atoms with Crippen LogP contribution < -0.4 is 44.4 Å². The number of anilines is 4. The van der Waals surface area contributed by atoms with Gasteiger partial charge in [0.25, 0.3) is 0 Å². The fourth-order valence-corrected chi connectivity index (χ4v) is 8.31. The number of benzene rings is 4. The average molecular weight is 1110 g/mol. The minimum atomic E-state index is -3.36. The summed E-state index contributed by atoms with van der Waals surface area (Å²) in [6, 6.07) is 27.4. The van der Waals surface area contributed by atoms with Gasteiger partial charge in [0.1, 0.15) is 13.1 Å². The Bertz CT molecular complexity index is 2690. The molecule has 0 bridgehead atoms. The molecule has 5 aromatic rings. The molecule has 1 aliphatic carbocycles. The third kappa shape index (κ3) is 14.6. The molecule has 343 valence electrons. The van der Waals surface area contributed by atoms with Gasteiger partial charge in [0.05, 0.1) is 53.8 Å². The molecule has 1 radical (unpaired) electrons. The van der Waals surface area contributed by atoms with Crippen molar-refractivity contribution >= 4 is 92.5 Å². The van der Waals surface area contributed by atoms with Gasteiger partial charge in [0, 0.05) is 86.6 Å². The van der Waals surface area contributed by atoms with Crippen LogP contribution in [0.2, 0.25) is 0 Å². The number of nitrogens with zero attached hydrogens (tertiary/aromatic N) is 5. The number of pyridine rings is 2. The number of hydrogen-bond acceptors (Lipinski definition) is 15. The monoisotopic (exact) mass is 1110 g/mol. The first-order valence-corrected chi connectivity index (χ1v) is 21.5. The largest absolute Gasteiger partial charge is 1.00 e. The Morgan fingerprint density at radius 2 is 1.42 bits per heavy atom. The van der Waals surface area contributed by atoms with Gasteiger partial charge in [-0.25, -0.2) is 24.3 Å². The first-order chi connectivity index (χ1) is 27.7. The van der Waals surface area contributed by atoms with Gasteiger partial charge in [0.2, 0.25) is 14.1 Å². The van der Waals surface area contributed by atoms with E-state index in [1.165, 1.54) is 10.2 Å². The van der Waals surface area contributed by atoms with Crippen LogP contribution in [0.3, 0.4) is 0 Å². The average Bonchev–Trinajstić information content (AvgIpc) is 3.22. The van der Waals surface area contributed by atoms with Gasteiger partial charge in [-0.3, -0.25) is 9.97 Å². The Kier molecular flexibility index (Phi) is 25.7. The zero-order valence-corrected chi connectivity index (χ0v) is 40.3. The normalized spacial score (nSPS) is 10.9. The van der Waals surface area contributed by atoms with Crippen LogP contribution in [0, 0.1) is 13.8 Å². The van der Waals surface area contributed by atoms with Gasteiger partial charge in [0.15, 0.2) is 0 Å². The number of aryl methyl sites for hydroxylation is 2. The van der Waals surface area contributed by atoms with Crippen LogP contribution in [0.1, 0.15) is 46.5 Å². The van der Waals surface area contributed by atoms with Crippen LogP contribution in [0.5, 0.6) is 0 Å². The number of rotatable bonds is 8. The van der Waals surface area contributed by atoms with Crippen LogP contribution in [-0.4, -0.2) is 62.3 Å².